The molecule has 2 aliphatic rings. The Morgan fingerprint density at radius 3 is 2.03 bits per heavy atom. The number of ether oxygens (including phenoxy) is 2. The van der Waals surface area contributed by atoms with Gasteiger partial charge in [-0.1, -0.05) is 53.4 Å². The fraction of sp³-hybridized carbons (Fsp3) is 0.900. The van der Waals surface area contributed by atoms with Crippen LogP contribution in [0.2, 0.25) is 0 Å². The molecule has 4 unspecified atom stereocenters. The minimum Gasteiger partial charge on any atom is -0.747 e. The summed E-state index contributed by atoms with van der Waals surface area (Å²) in [6, 6.07) is 0. The van der Waals surface area contributed by atoms with Gasteiger partial charge in [0.05, 0.1) is 19.1 Å². The number of cyclic esters (lactones) is 2. The van der Waals surface area contributed by atoms with Gasteiger partial charge in [0.25, 0.3) is 0 Å². The first-order valence-corrected chi connectivity index (χ1v) is 11.8. The smallest absolute Gasteiger partial charge is 0.747 e. The third kappa shape index (κ3) is 4.04. The molecule has 0 aromatic rings. The van der Waals surface area contributed by atoms with Crippen LogP contribution in [-0.4, -0.2) is 42.9 Å². The van der Waals surface area contributed by atoms with Crippen molar-refractivity contribution in [1.29, 1.82) is 0 Å². The maximum atomic E-state index is 13.1. The van der Waals surface area contributed by atoms with E-state index in [1.54, 1.807) is 6.92 Å². The van der Waals surface area contributed by atoms with E-state index in [4.69, 9.17) is 9.47 Å². The number of carbonyl (C=O) groups excluding carboxylic acids is 2. The Morgan fingerprint density at radius 2 is 1.55 bits per heavy atom. The SMILES string of the molecule is CCCCC1(CC)COC(=O)C1C1(S(=O)(=O)[O-])C(=O)OCC1(CC)CCCC.[Na+]. The number of hydrogen-bond donors (Lipinski definition) is 0. The van der Waals surface area contributed by atoms with Crippen LogP contribution in [0.25, 0.3) is 0 Å². The Hall–Kier alpha value is -0.150. The minimum atomic E-state index is -5.21. The third-order valence-corrected chi connectivity index (χ3v) is 8.76. The number of rotatable bonds is 10. The Morgan fingerprint density at radius 1 is 0.966 bits per heavy atom. The van der Waals surface area contributed by atoms with E-state index in [-0.39, 0.29) is 49.2 Å². The van der Waals surface area contributed by atoms with E-state index in [1.807, 2.05) is 20.8 Å². The number of hydrogen-bond acceptors (Lipinski definition) is 7. The van der Waals surface area contributed by atoms with E-state index in [1.165, 1.54) is 0 Å². The van der Waals surface area contributed by atoms with Crippen LogP contribution in [0.4, 0.5) is 0 Å². The number of carbonyl (C=O) groups is 2. The summed E-state index contributed by atoms with van der Waals surface area (Å²) in [6.07, 6.45) is 4.57. The monoisotopic (exact) mass is 440 g/mol. The van der Waals surface area contributed by atoms with Crippen molar-refractivity contribution in [1.82, 2.24) is 0 Å². The summed E-state index contributed by atoms with van der Waals surface area (Å²) >= 11 is 0. The molecule has 7 nitrogen and oxygen atoms in total. The molecule has 2 saturated heterocycles. The molecule has 0 aromatic heterocycles. The Labute approximate surface area is 196 Å². The summed E-state index contributed by atoms with van der Waals surface area (Å²) in [6.45, 7) is 7.45. The first kappa shape index (κ1) is 26.9. The van der Waals surface area contributed by atoms with Gasteiger partial charge in [-0.15, -0.1) is 0 Å². The molecule has 9 heteroatoms. The third-order valence-electron chi connectivity index (χ3n) is 7.14. The van der Waals surface area contributed by atoms with E-state index in [2.05, 4.69) is 0 Å². The van der Waals surface area contributed by atoms with Crippen molar-refractivity contribution in [2.45, 2.75) is 83.8 Å². The second-order valence-corrected chi connectivity index (χ2v) is 9.92. The molecule has 0 aliphatic carbocycles. The average molecular weight is 441 g/mol. The molecular formula is C20H33NaO7S. The fourth-order valence-electron chi connectivity index (χ4n) is 5.34. The van der Waals surface area contributed by atoms with Crippen molar-refractivity contribution < 1.29 is 61.6 Å². The first-order chi connectivity index (χ1) is 13.1. The van der Waals surface area contributed by atoms with Gasteiger partial charge >= 0.3 is 41.5 Å². The molecule has 29 heavy (non-hydrogen) atoms. The normalized spacial score (nSPS) is 34.6. The van der Waals surface area contributed by atoms with Gasteiger partial charge < -0.3 is 14.0 Å². The predicted octanol–water partition coefficient (Wildman–Crippen LogP) is 0.177. The zero-order chi connectivity index (χ0) is 21.2. The van der Waals surface area contributed by atoms with E-state index in [0.29, 0.717) is 25.7 Å². The summed E-state index contributed by atoms with van der Waals surface area (Å²) in [5, 5.41) is 0. The van der Waals surface area contributed by atoms with Crippen molar-refractivity contribution in [2.24, 2.45) is 16.7 Å². The van der Waals surface area contributed by atoms with Crippen LogP contribution in [0, 0.1) is 16.7 Å². The molecular weight excluding hydrogens is 407 g/mol. The summed E-state index contributed by atoms with van der Waals surface area (Å²) in [5.74, 6) is -3.16. The quantitative estimate of drug-likeness (QED) is 0.271. The number of esters is 2. The minimum absolute atomic E-state index is 0. The van der Waals surface area contributed by atoms with Gasteiger partial charge in [-0.3, -0.25) is 9.59 Å². The van der Waals surface area contributed by atoms with Gasteiger partial charge in [0.1, 0.15) is 10.1 Å². The molecule has 2 fully saturated rings. The van der Waals surface area contributed by atoms with Gasteiger partial charge in [0.2, 0.25) is 0 Å². The molecule has 0 saturated carbocycles. The van der Waals surface area contributed by atoms with Crippen LogP contribution in [0.15, 0.2) is 0 Å². The maximum absolute atomic E-state index is 13.1. The van der Waals surface area contributed by atoms with Gasteiger partial charge in [0, 0.05) is 10.8 Å². The van der Waals surface area contributed by atoms with Crippen molar-refractivity contribution in [3.05, 3.63) is 0 Å². The summed E-state index contributed by atoms with van der Waals surface area (Å²) < 4.78 is 46.7. The summed E-state index contributed by atoms with van der Waals surface area (Å²) in [4.78, 5) is 26.0. The second kappa shape index (κ2) is 9.98. The van der Waals surface area contributed by atoms with Gasteiger partial charge in [-0.25, -0.2) is 8.42 Å². The zero-order valence-corrected chi connectivity index (χ0v) is 21.2. The van der Waals surface area contributed by atoms with Crippen LogP contribution in [0.3, 0.4) is 0 Å². The van der Waals surface area contributed by atoms with Crippen LogP contribution < -0.4 is 29.6 Å². The number of unbranched alkanes of at least 4 members (excludes halogenated alkanes) is 2. The molecule has 0 aromatic carbocycles. The van der Waals surface area contributed by atoms with Crippen LogP contribution in [-0.2, 0) is 29.2 Å². The largest absolute Gasteiger partial charge is 1.00 e. The van der Waals surface area contributed by atoms with E-state index in [9.17, 15) is 22.6 Å². The van der Waals surface area contributed by atoms with Crippen molar-refractivity contribution in [3.8, 4) is 0 Å². The molecule has 2 heterocycles. The van der Waals surface area contributed by atoms with Gasteiger partial charge in [-0.2, -0.15) is 0 Å². The Bertz CT molecular complexity index is 710. The van der Waals surface area contributed by atoms with Crippen molar-refractivity contribution >= 4 is 22.1 Å². The van der Waals surface area contributed by atoms with E-state index < -0.39 is 43.6 Å². The first-order valence-electron chi connectivity index (χ1n) is 10.4. The van der Waals surface area contributed by atoms with Gasteiger partial charge in [-0.05, 0) is 25.7 Å². The van der Waals surface area contributed by atoms with Crippen LogP contribution in [0.1, 0.15) is 79.1 Å². The van der Waals surface area contributed by atoms with Gasteiger partial charge in [0.15, 0.2) is 4.75 Å². The van der Waals surface area contributed by atoms with Crippen molar-refractivity contribution in [2.75, 3.05) is 13.2 Å². The fourth-order valence-corrected chi connectivity index (χ4v) is 7.08. The molecule has 0 radical (unpaired) electrons. The molecule has 162 valence electrons. The molecule has 2 rings (SSSR count). The van der Waals surface area contributed by atoms with Crippen molar-refractivity contribution in [3.63, 3.8) is 0 Å². The summed E-state index contributed by atoms with van der Waals surface area (Å²) in [5.41, 5.74) is -2.08. The summed E-state index contributed by atoms with van der Waals surface area (Å²) in [7, 11) is -5.21. The van der Waals surface area contributed by atoms with E-state index in [0.717, 1.165) is 19.3 Å². The van der Waals surface area contributed by atoms with Crippen LogP contribution in [0.5, 0.6) is 0 Å². The second-order valence-electron chi connectivity index (χ2n) is 8.36. The van der Waals surface area contributed by atoms with E-state index >= 15 is 0 Å². The molecule has 4 atom stereocenters. The molecule has 0 amide bonds. The topological polar surface area (TPSA) is 110 Å². The zero-order valence-electron chi connectivity index (χ0n) is 18.4. The maximum Gasteiger partial charge on any atom is 1.00 e. The van der Waals surface area contributed by atoms with Crippen LogP contribution >= 0.6 is 0 Å². The molecule has 0 N–H and O–H groups in total. The predicted molar refractivity (Wildman–Crippen MR) is 102 cm³/mol. The molecule has 2 aliphatic heterocycles. The standard InChI is InChI=1S/C20H34O7S.Na/c1-5-9-11-18(7-3)13-26-16(21)15(18)20(28(23,24)25)17(22)27-14-19(20,8-4)12-10-6-2;/h15H,5-14H2,1-4H3,(H,23,24,25);/q;+1/p-1. The Kier molecular flexibility index (Phi) is 9.25. The molecule has 0 spiro atoms. The Balaban J connectivity index is 0.00000420. The average Bonchev–Trinajstić information content (AvgIpc) is 3.13. The molecule has 0 bridgehead atoms.